The molecule has 0 saturated heterocycles. The summed E-state index contributed by atoms with van der Waals surface area (Å²) in [6.07, 6.45) is 19.3. The number of carbonyl (C=O) groups excluding carboxylic acids is 1. The monoisotopic (exact) mass is 474 g/mol. The van der Waals surface area contributed by atoms with Gasteiger partial charge in [-0.3, -0.25) is 19.8 Å². The Morgan fingerprint density at radius 3 is 2.83 bits per heavy atom. The van der Waals surface area contributed by atoms with Gasteiger partial charge in [-0.25, -0.2) is 0 Å². The summed E-state index contributed by atoms with van der Waals surface area (Å²) in [4.78, 5) is 18.7. The highest BCUT2D eigenvalue weighted by Crippen LogP contribution is 2.32. The number of hydrogen-bond acceptors (Lipinski definition) is 4. The van der Waals surface area contributed by atoms with Crippen LogP contribution in [-0.4, -0.2) is 28.3 Å². The van der Waals surface area contributed by atoms with Crippen LogP contribution in [-0.2, 0) is 11.3 Å². The SMILES string of the molecule is C=C(NOC/C1=C/CC=C/C=C\C1)C(C)NC(=O)c1ccc2c(CC)nn(C3CCCCC3)c2c1. The van der Waals surface area contributed by atoms with Crippen LogP contribution in [0.2, 0.25) is 0 Å². The highest BCUT2D eigenvalue weighted by atomic mass is 16.6. The summed E-state index contributed by atoms with van der Waals surface area (Å²) >= 11 is 0. The minimum atomic E-state index is -0.290. The van der Waals surface area contributed by atoms with Crippen molar-refractivity contribution in [1.29, 1.82) is 0 Å². The van der Waals surface area contributed by atoms with Crippen molar-refractivity contribution in [2.45, 2.75) is 77.3 Å². The lowest BCUT2D eigenvalue weighted by molar-refractivity contribution is 0.0733. The summed E-state index contributed by atoms with van der Waals surface area (Å²) in [5.41, 5.74) is 7.53. The number of benzene rings is 1. The van der Waals surface area contributed by atoms with E-state index in [1.807, 2.05) is 25.1 Å². The molecule has 1 heterocycles. The Balaban J connectivity index is 1.38. The molecule has 6 heteroatoms. The van der Waals surface area contributed by atoms with Crippen molar-refractivity contribution in [1.82, 2.24) is 20.6 Å². The Morgan fingerprint density at radius 1 is 1.23 bits per heavy atom. The van der Waals surface area contributed by atoms with Gasteiger partial charge in [0.05, 0.1) is 35.6 Å². The number of aryl methyl sites for hydroxylation is 1. The van der Waals surface area contributed by atoms with E-state index in [-0.39, 0.29) is 11.9 Å². The van der Waals surface area contributed by atoms with Crippen LogP contribution in [0, 0.1) is 0 Å². The smallest absolute Gasteiger partial charge is 0.251 e. The third-order valence-corrected chi connectivity index (χ3v) is 6.94. The van der Waals surface area contributed by atoms with Crippen molar-refractivity contribution in [2.75, 3.05) is 6.61 Å². The highest BCUT2D eigenvalue weighted by Gasteiger charge is 2.21. The van der Waals surface area contributed by atoms with Gasteiger partial charge in [-0.15, -0.1) is 0 Å². The molecule has 6 nitrogen and oxygen atoms in total. The summed E-state index contributed by atoms with van der Waals surface area (Å²) < 4.78 is 2.18. The Kier molecular flexibility index (Phi) is 8.59. The first kappa shape index (κ1) is 25.0. The molecule has 35 heavy (non-hydrogen) atoms. The number of nitrogens with one attached hydrogen (secondary N) is 2. The molecule has 1 atom stereocenters. The van der Waals surface area contributed by atoms with Gasteiger partial charge in [-0.2, -0.15) is 5.10 Å². The lowest BCUT2D eigenvalue weighted by Gasteiger charge is -2.23. The second kappa shape index (κ2) is 12.0. The molecule has 4 rings (SSSR count). The minimum Gasteiger partial charge on any atom is -0.344 e. The van der Waals surface area contributed by atoms with Gasteiger partial charge in [0, 0.05) is 10.9 Å². The minimum absolute atomic E-state index is 0.128. The molecular formula is C29H38N4O2. The van der Waals surface area contributed by atoms with Gasteiger partial charge in [-0.1, -0.05) is 69.2 Å². The first-order chi connectivity index (χ1) is 17.1. The average molecular weight is 475 g/mol. The third-order valence-electron chi connectivity index (χ3n) is 6.94. The number of carbonyl (C=O) groups is 1. The zero-order chi connectivity index (χ0) is 24.6. The van der Waals surface area contributed by atoms with Crippen LogP contribution in [0.1, 0.15) is 80.9 Å². The summed E-state index contributed by atoms with van der Waals surface area (Å²) in [5, 5.41) is 9.13. The number of hydroxylamine groups is 1. The van der Waals surface area contributed by atoms with Gasteiger partial charge in [0.2, 0.25) is 0 Å². The van der Waals surface area contributed by atoms with Gasteiger partial charge < -0.3 is 5.32 Å². The second-order valence-corrected chi connectivity index (χ2v) is 9.54. The molecule has 2 aliphatic rings. The normalized spacial score (nSPS) is 19.9. The molecule has 0 bridgehead atoms. The van der Waals surface area contributed by atoms with Gasteiger partial charge in [-0.05, 0) is 56.7 Å². The maximum atomic E-state index is 13.1. The van der Waals surface area contributed by atoms with E-state index in [1.54, 1.807) is 0 Å². The molecule has 1 aromatic carbocycles. The zero-order valence-electron chi connectivity index (χ0n) is 21.1. The standard InChI is InChI=1S/C29H38N4O2/c1-4-27-26-18-17-24(19-28(26)33(31-27)25-15-11-8-12-16-25)29(34)30-21(2)22(3)32-35-20-23-13-9-6-5-7-10-14-23/h5-7,9,14,17-19,21,25,32H,3-4,8,10-13,15-16,20H2,1-2H3,(H,30,34)/b7-5?,9-6-,23-14+. The van der Waals surface area contributed by atoms with E-state index in [4.69, 9.17) is 9.94 Å². The van der Waals surface area contributed by atoms with Crippen LogP contribution >= 0.6 is 0 Å². The van der Waals surface area contributed by atoms with Crippen LogP contribution in [0.4, 0.5) is 0 Å². The quantitative estimate of drug-likeness (QED) is 0.341. The van der Waals surface area contributed by atoms with Crippen LogP contribution < -0.4 is 10.8 Å². The number of allylic oxidation sites excluding steroid dienone is 5. The zero-order valence-corrected chi connectivity index (χ0v) is 21.1. The lowest BCUT2D eigenvalue weighted by atomic mass is 9.95. The van der Waals surface area contributed by atoms with Crippen LogP contribution in [0.5, 0.6) is 0 Å². The van der Waals surface area contributed by atoms with Crippen molar-refractivity contribution in [3.05, 3.63) is 77.7 Å². The van der Waals surface area contributed by atoms with Crippen LogP contribution in [0.25, 0.3) is 10.9 Å². The number of hydrogen-bond donors (Lipinski definition) is 2. The fourth-order valence-electron chi connectivity index (χ4n) is 4.78. The van der Waals surface area contributed by atoms with Gasteiger partial charge in [0.25, 0.3) is 5.91 Å². The average Bonchev–Trinajstić information content (AvgIpc) is 3.23. The predicted molar refractivity (Wildman–Crippen MR) is 142 cm³/mol. The second-order valence-electron chi connectivity index (χ2n) is 9.54. The van der Waals surface area contributed by atoms with E-state index in [0.29, 0.717) is 23.9 Å². The maximum Gasteiger partial charge on any atom is 0.251 e. The molecule has 2 aliphatic carbocycles. The molecule has 2 N–H and O–H groups in total. The first-order valence-corrected chi connectivity index (χ1v) is 12.9. The molecule has 2 aromatic rings. The third kappa shape index (κ3) is 6.31. The Labute approximate surface area is 208 Å². The molecule has 1 amide bonds. The van der Waals surface area contributed by atoms with Crippen LogP contribution in [0.3, 0.4) is 0 Å². The van der Waals surface area contributed by atoms with E-state index in [2.05, 4.69) is 59.4 Å². The van der Waals surface area contributed by atoms with Crippen molar-refractivity contribution in [3.63, 3.8) is 0 Å². The molecule has 1 unspecified atom stereocenters. The van der Waals surface area contributed by atoms with Gasteiger partial charge in [0.15, 0.2) is 0 Å². The van der Waals surface area contributed by atoms with E-state index in [9.17, 15) is 4.79 Å². The lowest BCUT2D eigenvalue weighted by Crippen LogP contribution is -2.38. The number of fused-ring (bicyclic) bond motifs is 1. The summed E-state index contributed by atoms with van der Waals surface area (Å²) in [6, 6.07) is 6.06. The first-order valence-electron chi connectivity index (χ1n) is 12.9. The molecule has 1 fully saturated rings. The summed E-state index contributed by atoms with van der Waals surface area (Å²) in [7, 11) is 0. The molecule has 1 aromatic heterocycles. The molecule has 0 radical (unpaired) electrons. The van der Waals surface area contributed by atoms with Crippen LogP contribution in [0.15, 0.2) is 66.4 Å². The summed E-state index contributed by atoms with van der Waals surface area (Å²) in [5.74, 6) is -0.128. The van der Waals surface area contributed by atoms with Crippen molar-refractivity contribution in [3.8, 4) is 0 Å². The van der Waals surface area contributed by atoms with E-state index in [1.165, 1.54) is 24.8 Å². The number of nitrogens with zero attached hydrogens (tertiary/aromatic N) is 2. The van der Waals surface area contributed by atoms with E-state index in [0.717, 1.165) is 48.7 Å². The number of amides is 1. The fraction of sp³-hybridized carbons (Fsp3) is 0.448. The van der Waals surface area contributed by atoms with Gasteiger partial charge in [0.1, 0.15) is 0 Å². The Bertz CT molecular complexity index is 1130. The summed E-state index contributed by atoms with van der Waals surface area (Å²) in [6.45, 7) is 8.56. The maximum absolute atomic E-state index is 13.1. The van der Waals surface area contributed by atoms with Crippen molar-refractivity contribution in [2.24, 2.45) is 0 Å². The molecular weight excluding hydrogens is 436 g/mol. The Morgan fingerprint density at radius 2 is 2.03 bits per heavy atom. The molecule has 0 aliphatic heterocycles. The fourth-order valence-corrected chi connectivity index (χ4v) is 4.78. The number of rotatable bonds is 9. The highest BCUT2D eigenvalue weighted by molar-refractivity contribution is 5.98. The molecule has 1 saturated carbocycles. The predicted octanol–water partition coefficient (Wildman–Crippen LogP) is 6.09. The van der Waals surface area contributed by atoms with Crippen molar-refractivity contribution >= 4 is 16.8 Å². The largest absolute Gasteiger partial charge is 0.344 e. The van der Waals surface area contributed by atoms with E-state index < -0.39 is 0 Å². The Hall–Kier alpha value is -3.12. The topological polar surface area (TPSA) is 68.2 Å². The van der Waals surface area contributed by atoms with Crippen molar-refractivity contribution < 1.29 is 9.63 Å². The van der Waals surface area contributed by atoms with Gasteiger partial charge >= 0.3 is 0 Å². The molecule has 0 spiro atoms. The van der Waals surface area contributed by atoms with E-state index >= 15 is 0 Å². The molecule has 186 valence electrons. The number of aromatic nitrogens is 2.